The normalized spacial score (nSPS) is 28.4. The second kappa shape index (κ2) is 8.66. The Hall–Kier alpha value is -0.200. The van der Waals surface area contributed by atoms with E-state index in [4.69, 9.17) is 23.7 Å². The summed E-state index contributed by atoms with van der Waals surface area (Å²) in [7, 11) is 0. The van der Waals surface area contributed by atoms with Gasteiger partial charge in [-0.1, -0.05) is 0 Å². The summed E-state index contributed by atoms with van der Waals surface area (Å²) in [5.74, 6) is 0. The van der Waals surface area contributed by atoms with Crippen LogP contribution in [0.15, 0.2) is 0 Å². The van der Waals surface area contributed by atoms with Gasteiger partial charge >= 0.3 is 0 Å². The molecule has 0 bridgehead atoms. The van der Waals surface area contributed by atoms with Crippen LogP contribution in [0.5, 0.6) is 0 Å². The maximum atomic E-state index is 6.47. The van der Waals surface area contributed by atoms with E-state index in [-0.39, 0.29) is 46.8 Å². The monoisotopic (exact) mass is 388 g/mol. The first-order chi connectivity index (χ1) is 11.9. The van der Waals surface area contributed by atoms with Crippen molar-refractivity contribution in [2.45, 2.75) is 130 Å². The molecule has 0 N–H and O–H groups in total. The van der Waals surface area contributed by atoms with Crippen LogP contribution in [0.3, 0.4) is 0 Å². The lowest BCUT2D eigenvalue weighted by Gasteiger charge is -2.48. The first kappa shape index (κ1) is 24.8. The molecule has 27 heavy (non-hydrogen) atoms. The number of hydrogen-bond donors (Lipinski definition) is 0. The third kappa shape index (κ3) is 10.2. The minimum absolute atomic E-state index is 0.206. The molecule has 1 heterocycles. The Balaban J connectivity index is 3.14. The molecule has 1 aliphatic heterocycles. The molecule has 0 aromatic carbocycles. The summed E-state index contributed by atoms with van der Waals surface area (Å²) < 4.78 is 31.4. The smallest absolute Gasteiger partial charge is 0.115 e. The van der Waals surface area contributed by atoms with Crippen LogP contribution in [0.4, 0.5) is 0 Å². The molecule has 0 amide bonds. The van der Waals surface area contributed by atoms with E-state index in [0.29, 0.717) is 13.2 Å². The van der Waals surface area contributed by atoms with E-state index in [1.165, 1.54) is 0 Å². The molecular formula is C22H44O5. The van der Waals surface area contributed by atoms with Gasteiger partial charge in [0.05, 0.1) is 35.6 Å². The zero-order valence-electron chi connectivity index (χ0n) is 19.8. The van der Waals surface area contributed by atoms with Gasteiger partial charge < -0.3 is 23.7 Å². The Bertz CT molecular complexity index is 447. The molecule has 4 atom stereocenters. The van der Waals surface area contributed by atoms with Crippen LogP contribution in [0.25, 0.3) is 0 Å². The summed E-state index contributed by atoms with van der Waals surface area (Å²) in [4.78, 5) is 0. The van der Waals surface area contributed by atoms with Crippen LogP contribution < -0.4 is 0 Å². The number of rotatable bonds is 5. The molecule has 1 rings (SSSR count). The highest BCUT2D eigenvalue weighted by atomic mass is 16.6. The molecule has 162 valence electrons. The molecule has 5 heteroatoms. The first-order valence-electron chi connectivity index (χ1n) is 10.2. The quantitative estimate of drug-likeness (QED) is 0.680. The van der Waals surface area contributed by atoms with Crippen molar-refractivity contribution >= 4 is 0 Å². The molecule has 0 radical (unpaired) electrons. The lowest BCUT2D eigenvalue weighted by atomic mass is 9.96. The van der Waals surface area contributed by atoms with Crippen molar-refractivity contribution in [3.63, 3.8) is 0 Å². The van der Waals surface area contributed by atoms with E-state index in [1.807, 2.05) is 20.8 Å². The maximum Gasteiger partial charge on any atom is 0.115 e. The fourth-order valence-electron chi connectivity index (χ4n) is 2.96. The second-order valence-electron chi connectivity index (χ2n) is 11.5. The van der Waals surface area contributed by atoms with Gasteiger partial charge in [0.2, 0.25) is 0 Å². The summed E-state index contributed by atoms with van der Waals surface area (Å²) in [6.07, 6.45) is -0.948. The highest BCUT2D eigenvalue weighted by Gasteiger charge is 2.47. The zero-order chi connectivity index (χ0) is 21.3. The standard InChI is InChI=1S/C22H44O5/c1-19(2,3)24-14-15-17(26-21(7,8)9)18(27-22(10,11)12)16(13-23-15)25-20(4,5)6/h15-18H,13-14H2,1-12H3. The molecule has 4 unspecified atom stereocenters. The van der Waals surface area contributed by atoms with E-state index in [2.05, 4.69) is 62.3 Å². The zero-order valence-corrected chi connectivity index (χ0v) is 19.8. The predicted molar refractivity (Wildman–Crippen MR) is 109 cm³/mol. The molecule has 1 fully saturated rings. The summed E-state index contributed by atoms with van der Waals surface area (Å²) in [5, 5.41) is 0. The van der Waals surface area contributed by atoms with Gasteiger partial charge in [0, 0.05) is 0 Å². The molecular weight excluding hydrogens is 344 g/mol. The molecule has 5 nitrogen and oxygen atoms in total. The minimum atomic E-state index is -0.336. The summed E-state index contributed by atoms with van der Waals surface area (Å²) in [5.41, 5.74) is -1.20. The van der Waals surface area contributed by atoms with Gasteiger partial charge in [-0.15, -0.1) is 0 Å². The Kier molecular flexibility index (Phi) is 7.97. The van der Waals surface area contributed by atoms with E-state index in [9.17, 15) is 0 Å². The van der Waals surface area contributed by atoms with Crippen LogP contribution in [-0.2, 0) is 23.7 Å². The number of hydrogen-bond acceptors (Lipinski definition) is 5. The van der Waals surface area contributed by atoms with Gasteiger partial charge in [0.1, 0.15) is 24.4 Å². The van der Waals surface area contributed by atoms with Crippen molar-refractivity contribution in [1.82, 2.24) is 0 Å². The highest BCUT2D eigenvalue weighted by molar-refractivity contribution is 4.94. The topological polar surface area (TPSA) is 46.2 Å². The fraction of sp³-hybridized carbons (Fsp3) is 1.00. The van der Waals surface area contributed by atoms with Crippen molar-refractivity contribution < 1.29 is 23.7 Å². The van der Waals surface area contributed by atoms with E-state index in [1.54, 1.807) is 0 Å². The summed E-state index contributed by atoms with van der Waals surface area (Å²) in [6.45, 7) is 25.5. The van der Waals surface area contributed by atoms with E-state index < -0.39 is 0 Å². The lowest BCUT2D eigenvalue weighted by molar-refractivity contribution is -0.288. The van der Waals surface area contributed by atoms with Crippen LogP contribution in [0, 0.1) is 0 Å². The van der Waals surface area contributed by atoms with Gasteiger partial charge in [0.15, 0.2) is 0 Å². The maximum absolute atomic E-state index is 6.47. The molecule has 1 saturated heterocycles. The van der Waals surface area contributed by atoms with Gasteiger partial charge in [-0.05, 0) is 83.1 Å². The van der Waals surface area contributed by atoms with E-state index >= 15 is 0 Å². The third-order valence-corrected chi connectivity index (χ3v) is 3.70. The first-order valence-corrected chi connectivity index (χ1v) is 10.2. The Morgan fingerprint density at radius 3 is 1.48 bits per heavy atom. The van der Waals surface area contributed by atoms with E-state index in [0.717, 1.165) is 0 Å². The van der Waals surface area contributed by atoms with Crippen LogP contribution >= 0.6 is 0 Å². The van der Waals surface area contributed by atoms with Gasteiger partial charge in [0.25, 0.3) is 0 Å². The minimum Gasteiger partial charge on any atom is -0.373 e. The van der Waals surface area contributed by atoms with Crippen LogP contribution in [0.1, 0.15) is 83.1 Å². The van der Waals surface area contributed by atoms with Gasteiger partial charge in [-0.25, -0.2) is 0 Å². The molecule has 0 aromatic rings. The summed E-state index contributed by atoms with van der Waals surface area (Å²) >= 11 is 0. The van der Waals surface area contributed by atoms with Crippen LogP contribution in [-0.4, -0.2) is 60.0 Å². The fourth-order valence-corrected chi connectivity index (χ4v) is 2.96. The molecule has 0 aliphatic carbocycles. The largest absolute Gasteiger partial charge is 0.373 e. The lowest BCUT2D eigenvalue weighted by Crippen LogP contribution is -2.61. The number of ether oxygens (including phenoxy) is 5. The summed E-state index contributed by atoms with van der Waals surface area (Å²) in [6, 6.07) is 0. The Morgan fingerprint density at radius 1 is 0.630 bits per heavy atom. The third-order valence-electron chi connectivity index (χ3n) is 3.70. The van der Waals surface area contributed by atoms with Crippen molar-refractivity contribution in [3.8, 4) is 0 Å². The molecule has 0 spiro atoms. The second-order valence-corrected chi connectivity index (χ2v) is 11.5. The SMILES string of the molecule is CC(C)(C)OCC1OCC(OC(C)(C)C)C(OC(C)(C)C)C1OC(C)(C)C. The molecule has 1 aliphatic rings. The van der Waals surface area contributed by atoms with Crippen molar-refractivity contribution in [3.05, 3.63) is 0 Å². The predicted octanol–water partition coefficient (Wildman–Crippen LogP) is 4.75. The van der Waals surface area contributed by atoms with Gasteiger partial charge in [-0.2, -0.15) is 0 Å². The van der Waals surface area contributed by atoms with Crippen molar-refractivity contribution in [1.29, 1.82) is 0 Å². The average molecular weight is 389 g/mol. The molecule has 0 aromatic heterocycles. The Morgan fingerprint density at radius 2 is 1.07 bits per heavy atom. The molecule has 0 saturated carbocycles. The van der Waals surface area contributed by atoms with Crippen molar-refractivity contribution in [2.75, 3.05) is 13.2 Å². The Labute approximate surface area is 167 Å². The average Bonchev–Trinajstić information content (AvgIpc) is 2.36. The van der Waals surface area contributed by atoms with Gasteiger partial charge in [-0.3, -0.25) is 0 Å². The highest BCUT2D eigenvalue weighted by Crippen LogP contribution is 2.32. The van der Waals surface area contributed by atoms with Crippen molar-refractivity contribution in [2.24, 2.45) is 0 Å². The van der Waals surface area contributed by atoms with Crippen LogP contribution in [0.2, 0.25) is 0 Å².